The van der Waals surface area contributed by atoms with E-state index in [1.165, 1.54) is 19.2 Å². The lowest BCUT2D eigenvalue weighted by molar-refractivity contribution is 0.0492. The van der Waals surface area contributed by atoms with Crippen molar-refractivity contribution < 1.29 is 22.7 Å². The molecule has 0 spiro atoms. The zero-order chi connectivity index (χ0) is 30.3. The van der Waals surface area contributed by atoms with Gasteiger partial charge < -0.3 is 20.1 Å². The Kier molecular flexibility index (Phi) is 10.2. The van der Waals surface area contributed by atoms with Gasteiger partial charge in [-0.1, -0.05) is 29.8 Å². The second kappa shape index (κ2) is 13.6. The molecule has 0 atom stereocenters. The second-order valence-electron chi connectivity index (χ2n) is 11.3. The number of amides is 1. The molecule has 0 bridgehead atoms. The first-order valence-corrected chi connectivity index (χ1v) is 15.8. The van der Waals surface area contributed by atoms with Gasteiger partial charge in [-0.25, -0.2) is 18.2 Å². The Morgan fingerprint density at radius 1 is 0.976 bits per heavy atom. The smallest absolute Gasteiger partial charge is 0.407 e. The van der Waals surface area contributed by atoms with Crippen LogP contribution in [0.2, 0.25) is 5.02 Å². The van der Waals surface area contributed by atoms with Crippen LogP contribution in [0.25, 0.3) is 0 Å². The van der Waals surface area contributed by atoms with Crippen LogP contribution in [0.15, 0.2) is 59.6 Å². The number of rotatable bonds is 10. The second-order valence-corrected chi connectivity index (χ2v) is 13.3. The van der Waals surface area contributed by atoms with Crippen molar-refractivity contribution >= 4 is 39.4 Å². The van der Waals surface area contributed by atoms with Gasteiger partial charge in [-0.15, -0.1) is 0 Å². The third kappa shape index (κ3) is 8.96. The largest absolute Gasteiger partial charge is 0.481 e. The molecule has 0 aliphatic heterocycles. The van der Waals surface area contributed by atoms with Gasteiger partial charge in [0, 0.05) is 23.8 Å². The number of benzene rings is 1. The minimum absolute atomic E-state index is 0.0233. The van der Waals surface area contributed by atoms with Gasteiger partial charge in [0.25, 0.3) is 10.0 Å². The van der Waals surface area contributed by atoms with Gasteiger partial charge in [0.1, 0.15) is 22.1 Å². The molecule has 0 radical (unpaired) electrons. The molecule has 1 aromatic carbocycles. The standard InChI is InChI=1S/C30H38ClN5O5S/c1-30(2,3)41-29(37)34-23-15-13-22(14-16-23)33-26-17-10-20(19-32-26)9-11-21-12-18-27(35-28(21)40-4)36-42(38,39)25-8-6-5-7-24(25)31/h5-8,10,12,17-19,22-23H,9,11,13-16H2,1-4H3,(H,32,33)(H,34,37)(H,35,36). The fourth-order valence-electron chi connectivity index (χ4n) is 4.75. The Morgan fingerprint density at radius 2 is 1.67 bits per heavy atom. The summed E-state index contributed by atoms with van der Waals surface area (Å²) in [6.45, 7) is 5.57. The van der Waals surface area contributed by atoms with Crippen LogP contribution < -0.4 is 20.1 Å². The van der Waals surface area contributed by atoms with Crippen LogP contribution in [0.5, 0.6) is 5.88 Å². The molecule has 1 aliphatic carbocycles. The van der Waals surface area contributed by atoms with E-state index in [-0.39, 0.29) is 27.9 Å². The first-order chi connectivity index (χ1) is 19.9. The molecule has 2 heterocycles. The molecule has 1 fully saturated rings. The molecular formula is C30H38ClN5O5S. The van der Waals surface area contributed by atoms with Crippen LogP contribution in [0.3, 0.4) is 0 Å². The molecule has 4 rings (SSSR count). The van der Waals surface area contributed by atoms with E-state index >= 15 is 0 Å². The minimum atomic E-state index is -3.90. The summed E-state index contributed by atoms with van der Waals surface area (Å²) in [6.07, 6.45) is 6.45. The number of halogens is 1. The van der Waals surface area contributed by atoms with Gasteiger partial charge in [0.15, 0.2) is 0 Å². The predicted molar refractivity (Wildman–Crippen MR) is 164 cm³/mol. The molecule has 10 nitrogen and oxygen atoms in total. The van der Waals surface area contributed by atoms with E-state index in [0.29, 0.717) is 24.8 Å². The van der Waals surface area contributed by atoms with E-state index in [2.05, 4.69) is 25.3 Å². The maximum absolute atomic E-state index is 12.8. The number of carbonyl (C=O) groups is 1. The Balaban J connectivity index is 1.27. The summed E-state index contributed by atoms with van der Waals surface area (Å²) in [5, 5.41) is 6.60. The number of nitrogens with one attached hydrogen (secondary N) is 3. The SMILES string of the molecule is COc1nc(NS(=O)(=O)c2ccccc2Cl)ccc1CCc1ccc(NC2CCC(NC(=O)OC(C)(C)C)CC2)nc1. The number of methoxy groups -OCH3 is 1. The normalized spacial score (nSPS) is 17.3. The highest BCUT2D eigenvalue weighted by atomic mass is 35.5. The van der Waals surface area contributed by atoms with E-state index in [9.17, 15) is 13.2 Å². The van der Waals surface area contributed by atoms with E-state index in [0.717, 1.165) is 42.6 Å². The van der Waals surface area contributed by atoms with Crippen molar-refractivity contribution in [3.63, 3.8) is 0 Å². The summed E-state index contributed by atoms with van der Waals surface area (Å²) in [4.78, 5) is 21.0. The fourth-order valence-corrected chi connectivity index (χ4v) is 6.27. The zero-order valence-electron chi connectivity index (χ0n) is 24.3. The Labute approximate surface area is 252 Å². The van der Waals surface area contributed by atoms with Crippen molar-refractivity contribution in [1.82, 2.24) is 15.3 Å². The molecule has 2 aromatic heterocycles. The van der Waals surface area contributed by atoms with Crippen molar-refractivity contribution in [3.8, 4) is 5.88 Å². The van der Waals surface area contributed by atoms with Crippen LogP contribution in [0, 0.1) is 0 Å². The lowest BCUT2D eigenvalue weighted by Gasteiger charge is -2.30. The molecule has 1 amide bonds. The van der Waals surface area contributed by atoms with Crippen molar-refractivity contribution in [2.45, 2.75) is 81.9 Å². The average molecular weight is 616 g/mol. The van der Waals surface area contributed by atoms with Crippen LogP contribution in [0.1, 0.15) is 57.6 Å². The molecule has 1 saturated carbocycles. The summed E-state index contributed by atoms with van der Waals surface area (Å²) in [5.74, 6) is 1.30. The molecular weight excluding hydrogens is 578 g/mol. The summed E-state index contributed by atoms with van der Waals surface area (Å²) in [5.41, 5.74) is 1.39. The van der Waals surface area contributed by atoms with Gasteiger partial charge >= 0.3 is 6.09 Å². The number of aryl methyl sites for hydroxylation is 2. The number of nitrogens with zero attached hydrogens (tertiary/aromatic N) is 2. The molecule has 3 aromatic rings. The zero-order valence-corrected chi connectivity index (χ0v) is 25.9. The van der Waals surface area contributed by atoms with Gasteiger partial charge in [0.05, 0.1) is 12.1 Å². The minimum Gasteiger partial charge on any atom is -0.481 e. The molecule has 42 heavy (non-hydrogen) atoms. The maximum atomic E-state index is 12.8. The van der Waals surface area contributed by atoms with Gasteiger partial charge in [-0.2, -0.15) is 4.98 Å². The molecule has 1 aliphatic rings. The highest BCUT2D eigenvalue weighted by Gasteiger charge is 2.25. The maximum Gasteiger partial charge on any atom is 0.407 e. The molecule has 12 heteroatoms. The number of carbonyl (C=O) groups excluding carboxylic acids is 1. The average Bonchev–Trinajstić information content (AvgIpc) is 2.93. The van der Waals surface area contributed by atoms with Crippen LogP contribution in [0.4, 0.5) is 16.4 Å². The first-order valence-electron chi connectivity index (χ1n) is 13.9. The highest BCUT2D eigenvalue weighted by Crippen LogP contribution is 2.26. The van der Waals surface area contributed by atoms with E-state index in [4.69, 9.17) is 21.1 Å². The van der Waals surface area contributed by atoms with Gasteiger partial charge in [0.2, 0.25) is 5.88 Å². The Hall–Kier alpha value is -3.57. The third-order valence-electron chi connectivity index (χ3n) is 6.81. The monoisotopic (exact) mass is 615 g/mol. The van der Waals surface area contributed by atoms with E-state index in [1.807, 2.05) is 39.1 Å². The fraction of sp³-hybridized carbons (Fsp3) is 0.433. The topological polar surface area (TPSA) is 132 Å². The number of pyridine rings is 2. The molecule has 226 valence electrons. The highest BCUT2D eigenvalue weighted by molar-refractivity contribution is 7.92. The molecule has 0 saturated heterocycles. The number of hydrogen-bond donors (Lipinski definition) is 3. The predicted octanol–water partition coefficient (Wildman–Crippen LogP) is 5.97. The van der Waals surface area contributed by atoms with E-state index < -0.39 is 15.6 Å². The first kappa shape index (κ1) is 31.4. The number of anilines is 2. The van der Waals surface area contributed by atoms with Crippen molar-refractivity contribution in [1.29, 1.82) is 0 Å². The number of ether oxygens (including phenoxy) is 2. The third-order valence-corrected chi connectivity index (χ3v) is 8.66. The van der Waals surface area contributed by atoms with Gasteiger partial charge in [-0.05, 0) is 95.2 Å². The van der Waals surface area contributed by atoms with Crippen LogP contribution >= 0.6 is 11.6 Å². The summed E-state index contributed by atoms with van der Waals surface area (Å²) >= 11 is 6.06. The van der Waals surface area contributed by atoms with Gasteiger partial charge in [-0.3, -0.25) is 4.72 Å². The quantitative estimate of drug-likeness (QED) is 0.254. The van der Waals surface area contributed by atoms with Crippen molar-refractivity contribution in [2.24, 2.45) is 0 Å². The summed E-state index contributed by atoms with van der Waals surface area (Å²) in [7, 11) is -2.40. The number of sulfonamides is 1. The van der Waals surface area contributed by atoms with Crippen LogP contribution in [-0.2, 0) is 27.6 Å². The van der Waals surface area contributed by atoms with Crippen molar-refractivity contribution in [2.75, 3.05) is 17.1 Å². The molecule has 3 N–H and O–H groups in total. The number of hydrogen-bond acceptors (Lipinski definition) is 8. The lowest BCUT2D eigenvalue weighted by atomic mass is 9.91. The summed E-state index contributed by atoms with van der Waals surface area (Å²) in [6, 6.07) is 14.1. The number of aromatic nitrogens is 2. The lowest BCUT2D eigenvalue weighted by Crippen LogP contribution is -2.42. The van der Waals surface area contributed by atoms with E-state index in [1.54, 1.807) is 24.3 Å². The Bertz CT molecular complexity index is 1470. The van der Waals surface area contributed by atoms with Crippen LogP contribution in [-0.4, -0.2) is 49.3 Å². The van der Waals surface area contributed by atoms with Crippen molar-refractivity contribution in [3.05, 3.63) is 70.9 Å². The summed E-state index contributed by atoms with van der Waals surface area (Å²) < 4.78 is 38.8. The Morgan fingerprint density at radius 3 is 2.31 bits per heavy atom. The molecule has 0 unspecified atom stereocenters. The number of alkyl carbamates (subject to hydrolysis) is 1.